The number of hydrogen-bond acceptors (Lipinski definition) is 4. The van der Waals surface area contributed by atoms with Crippen molar-refractivity contribution in [1.82, 2.24) is 9.88 Å². The third kappa shape index (κ3) is 2.06. The summed E-state index contributed by atoms with van der Waals surface area (Å²) in [5.41, 5.74) is 0.690. The highest BCUT2D eigenvalue weighted by molar-refractivity contribution is 6.21. The Morgan fingerprint density at radius 2 is 2.06 bits per heavy atom. The van der Waals surface area contributed by atoms with E-state index >= 15 is 0 Å². The van der Waals surface area contributed by atoms with Crippen molar-refractivity contribution in [2.75, 3.05) is 6.54 Å². The molecular weight excluding hydrogens is 220 g/mol. The van der Waals surface area contributed by atoms with E-state index in [2.05, 4.69) is 4.98 Å². The third-order valence-electron chi connectivity index (χ3n) is 2.79. The van der Waals surface area contributed by atoms with Crippen molar-refractivity contribution in [3.8, 4) is 0 Å². The molecule has 1 unspecified atom stereocenters. The summed E-state index contributed by atoms with van der Waals surface area (Å²) < 4.78 is 0. The van der Waals surface area contributed by atoms with E-state index in [1.165, 1.54) is 18.5 Å². The molecule has 1 aromatic heterocycles. The quantitative estimate of drug-likeness (QED) is 0.784. The van der Waals surface area contributed by atoms with Crippen LogP contribution in [0.2, 0.25) is 0 Å². The van der Waals surface area contributed by atoms with E-state index in [9.17, 15) is 14.7 Å². The number of aromatic nitrogens is 1. The van der Waals surface area contributed by atoms with Crippen molar-refractivity contribution in [2.24, 2.45) is 0 Å². The van der Waals surface area contributed by atoms with Crippen LogP contribution in [-0.2, 0) is 0 Å². The highest BCUT2D eigenvalue weighted by atomic mass is 16.3. The van der Waals surface area contributed by atoms with Gasteiger partial charge in [-0.3, -0.25) is 19.5 Å². The lowest BCUT2D eigenvalue weighted by molar-refractivity contribution is 0.0532. The molecule has 17 heavy (non-hydrogen) atoms. The van der Waals surface area contributed by atoms with Crippen LogP contribution in [0.3, 0.4) is 0 Å². The van der Waals surface area contributed by atoms with Crippen molar-refractivity contribution < 1.29 is 14.7 Å². The van der Waals surface area contributed by atoms with Crippen LogP contribution in [0.1, 0.15) is 40.5 Å². The summed E-state index contributed by atoms with van der Waals surface area (Å²) in [6.07, 6.45) is 3.60. The molecule has 2 rings (SSSR count). The Morgan fingerprint density at radius 3 is 2.71 bits per heavy atom. The molecule has 2 amide bonds. The maximum Gasteiger partial charge on any atom is 0.263 e. The Bertz CT molecular complexity index is 424. The Morgan fingerprint density at radius 1 is 1.35 bits per heavy atom. The number of pyridine rings is 1. The van der Waals surface area contributed by atoms with E-state index < -0.39 is 6.10 Å². The summed E-state index contributed by atoms with van der Waals surface area (Å²) in [7, 11) is 0. The lowest BCUT2D eigenvalue weighted by atomic mass is 10.2. The zero-order valence-corrected chi connectivity index (χ0v) is 9.59. The lowest BCUT2D eigenvalue weighted by Crippen LogP contribution is -2.36. The lowest BCUT2D eigenvalue weighted by Gasteiger charge is -2.17. The summed E-state index contributed by atoms with van der Waals surface area (Å²) in [4.78, 5) is 28.7. The van der Waals surface area contributed by atoms with Gasteiger partial charge in [-0.2, -0.15) is 0 Å². The van der Waals surface area contributed by atoms with Crippen molar-refractivity contribution >= 4 is 11.8 Å². The standard InChI is InChI=1S/C12H14N2O3/c1-2-3-8(15)7-14-11(16)9-4-5-13-6-10(9)12(14)17/h4-6,8,15H,2-3,7H2,1H3. The van der Waals surface area contributed by atoms with Gasteiger partial charge in [0.25, 0.3) is 11.8 Å². The van der Waals surface area contributed by atoms with E-state index in [1.807, 2.05) is 6.92 Å². The van der Waals surface area contributed by atoms with E-state index in [0.717, 1.165) is 11.3 Å². The van der Waals surface area contributed by atoms with Gasteiger partial charge in [-0.15, -0.1) is 0 Å². The van der Waals surface area contributed by atoms with Crippen LogP contribution in [0, 0.1) is 0 Å². The number of aliphatic hydroxyl groups excluding tert-OH is 1. The molecule has 1 atom stereocenters. The first kappa shape index (κ1) is 11.7. The second-order valence-electron chi connectivity index (χ2n) is 4.08. The van der Waals surface area contributed by atoms with E-state index in [0.29, 0.717) is 17.5 Å². The van der Waals surface area contributed by atoms with Gasteiger partial charge in [-0.05, 0) is 12.5 Å². The minimum absolute atomic E-state index is 0.0557. The minimum atomic E-state index is -0.657. The van der Waals surface area contributed by atoms with E-state index in [4.69, 9.17) is 0 Å². The van der Waals surface area contributed by atoms with Gasteiger partial charge in [-0.1, -0.05) is 13.3 Å². The average Bonchev–Trinajstić information content (AvgIpc) is 2.56. The molecule has 2 heterocycles. The Labute approximate surface area is 99.1 Å². The first-order valence-electron chi connectivity index (χ1n) is 5.63. The average molecular weight is 234 g/mol. The fourth-order valence-electron chi connectivity index (χ4n) is 1.94. The molecule has 0 saturated heterocycles. The number of fused-ring (bicyclic) bond motifs is 1. The van der Waals surface area contributed by atoms with Crippen molar-refractivity contribution in [3.05, 3.63) is 29.6 Å². The second kappa shape index (κ2) is 4.63. The Hall–Kier alpha value is -1.75. The first-order chi connectivity index (χ1) is 8.15. The summed E-state index contributed by atoms with van der Waals surface area (Å²) in [5, 5.41) is 9.66. The van der Waals surface area contributed by atoms with Gasteiger partial charge < -0.3 is 5.11 Å². The molecule has 5 heteroatoms. The fourth-order valence-corrected chi connectivity index (χ4v) is 1.94. The highest BCUT2D eigenvalue weighted by Gasteiger charge is 2.36. The van der Waals surface area contributed by atoms with E-state index in [1.54, 1.807) is 0 Å². The third-order valence-corrected chi connectivity index (χ3v) is 2.79. The van der Waals surface area contributed by atoms with Gasteiger partial charge in [0.2, 0.25) is 0 Å². The number of imide groups is 1. The van der Waals surface area contributed by atoms with Crippen molar-refractivity contribution in [3.63, 3.8) is 0 Å². The number of carbonyl (C=O) groups excluding carboxylic acids is 2. The van der Waals surface area contributed by atoms with Crippen molar-refractivity contribution in [2.45, 2.75) is 25.9 Å². The number of β-amino-alcohol motifs (C(OH)–C–C–N with tert-alkyl or cyclic N) is 1. The normalized spacial score (nSPS) is 16.2. The fraction of sp³-hybridized carbons (Fsp3) is 0.417. The zero-order chi connectivity index (χ0) is 12.4. The molecule has 1 aliphatic heterocycles. The van der Waals surface area contributed by atoms with E-state index in [-0.39, 0.29) is 18.4 Å². The molecular formula is C12H14N2O3. The Balaban J connectivity index is 2.19. The number of hydrogen-bond donors (Lipinski definition) is 1. The maximum absolute atomic E-state index is 11.9. The molecule has 0 saturated carbocycles. The first-order valence-corrected chi connectivity index (χ1v) is 5.63. The van der Waals surface area contributed by atoms with Crippen LogP contribution in [0.15, 0.2) is 18.5 Å². The van der Waals surface area contributed by atoms with Gasteiger partial charge >= 0.3 is 0 Å². The summed E-state index contributed by atoms with van der Waals surface area (Å²) in [6, 6.07) is 1.53. The molecule has 0 spiro atoms. The number of nitrogens with zero attached hydrogens (tertiary/aromatic N) is 2. The number of rotatable bonds is 4. The number of amides is 2. The molecule has 0 aromatic carbocycles. The molecule has 0 radical (unpaired) electrons. The number of aliphatic hydroxyl groups is 1. The highest BCUT2D eigenvalue weighted by Crippen LogP contribution is 2.21. The Kier molecular flexibility index (Phi) is 3.19. The molecule has 90 valence electrons. The van der Waals surface area contributed by atoms with Gasteiger partial charge in [0.15, 0.2) is 0 Å². The van der Waals surface area contributed by atoms with Gasteiger partial charge in [-0.25, -0.2) is 0 Å². The molecule has 0 fully saturated rings. The molecule has 1 aromatic rings. The smallest absolute Gasteiger partial charge is 0.263 e. The molecule has 0 aliphatic carbocycles. The van der Waals surface area contributed by atoms with Crippen molar-refractivity contribution in [1.29, 1.82) is 0 Å². The predicted octanol–water partition coefficient (Wildman–Crippen LogP) is 0.839. The monoisotopic (exact) mass is 234 g/mol. The van der Waals surface area contributed by atoms with Crippen LogP contribution in [0.5, 0.6) is 0 Å². The SMILES string of the molecule is CCCC(O)CN1C(=O)c2ccncc2C1=O. The van der Waals surface area contributed by atoms with Crippen LogP contribution < -0.4 is 0 Å². The van der Waals surface area contributed by atoms with Crippen LogP contribution >= 0.6 is 0 Å². The van der Waals surface area contributed by atoms with Crippen LogP contribution in [0.4, 0.5) is 0 Å². The van der Waals surface area contributed by atoms with Crippen LogP contribution in [-0.4, -0.2) is 39.5 Å². The second-order valence-corrected chi connectivity index (χ2v) is 4.08. The maximum atomic E-state index is 11.9. The predicted molar refractivity (Wildman–Crippen MR) is 60.5 cm³/mol. The molecule has 5 nitrogen and oxygen atoms in total. The molecule has 0 bridgehead atoms. The minimum Gasteiger partial charge on any atom is -0.391 e. The molecule has 1 aliphatic rings. The summed E-state index contributed by atoms with van der Waals surface area (Å²) >= 11 is 0. The molecule has 1 N–H and O–H groups in total. The van der Waals surface area contributed by atoms with Gasteiger partial charge in [0.05, 0.1) is 23.8 Å². The van der Waals surface area contributed by atoms with Gasteiger partial charge in [0.1, 0.15) is 0 Å². The summed E-state index contributed by atoms with van der Waals surface area (Å²) in [5.74, 6) is -0.712. The topological polar surface area (TPSA) is 70.5 Å². The summed E-state index contributed by atoms with van der Waals surface area (Å²) in [6.45, 7) is 2.00. The van der Waals surface area contributed by atoms with Crippen LogP contribution in [0.25, 0.3) is 0 Å². The van der Waals surface area contributed by atoms with Gasteiger partial charge in [0, 0.05) is 12.4 Å². The number of carbonyl (C=O) groups is 2. The largest absolute Gasteiger partial charge is 0.391 e. The zero-order valence-electron chi connectivity index (χ0n) is 9.59.